The van der Waals surface area contributed by atoms with E-state index in [2.05, 4.69) is 13.8 Å². The zero-order valence-corrected chi connectivity index (χ0v) is 11.7. The Morgan fingerprint density at radius 2 is 1.38 bits per heavy atom. The third-order valence-electron chi connectivity index (χ3n) is 2.40. The van der Waals surface area contributed by atoms with Crippen LogP contribution in [0.4, 0.5) is 0 Å². The van der Waals surface area contributed by atoms with Crippen molar-refractivity contribution >= 4 is 17.0 Å². The smallest absolute Gasteiger partial charge is 0.104 e. The molecule has 0 bridgehead atoms. The van der Waals surface area contributed by atoms with E-state index in [-0.39, 0.29) is 22.4 Å². The van der Waals surface area contributed by atoms with Crippen molar-refractivity contribution in [3.63, 3.8) is 0 Å². The summed E-state index contributed by atoms with van der Waals surface area (Å²) in [5.74, 6) is 0. The molecule has 2 heterocycles. The molecule has 4 nitrogen and oxygen atoms in total. The van der Waals surface area contributed by atoms with Crippen LogP contribution >= 0.6 is 17.0 Å². The molecule has 0 amide bonds. The minimum Gasteiger partial charge on any atom is -0.378 e. The molecule has 2 aliphatic heterocycles. The molecule has 2 fully saturated rings. The summed E-state index contributed by atoms with van der Waals surface area (Å²) in [6.07, 6.45) is 0.697. The van der Waals surface area contributed by atoms with Gasteiger partial charge in [0.1, 0.15) is 12.2 Å². The lowest BCUT2D eigenvalue weighted by Crippen LogP contribution is -2.27. The molecule has 0 spiro atoms. The first-order valence-electron chi connectivity index (χ1n) is 5.54. The van der Waals surface area contributed by atoms with Gasteiger partial charge in [-0.15, -0.1) is 17.0 Å². The SMILES string of the molecule is Br.CC(C)(COCC1CO1)COCC1CO1. The molecule has 5 heteroatoms. The van der Waals surface area contributed by atoms with Crippen LogP contribution in [0.2, 0.25) is 0 Å². The summed E-state index contributed by atoms with van der Waals surface area (Å²) in [5.41, 5.74) is 0.0732. The Morgan fingerprint density at radius 1 is 1.00 bits per heavy atom. The largest absolute Gasteiger partial charge is 0.378 e. The number of hydrogen-bond acceptors (Lipinski definition) is 4. The van der Waals surface area contributed by atoms with Crippen molar-refractivity contribution in [3.8, 4) is 0 Å². The average molecular weight is 297 g/mol. The minimum absolute atomic E-state index is 0. The lowest BCUT2D eigenvalue weighted by atomic mass is 9.96. The molecule has 0 aromatic carbocycles. The molecule has 0 aromatic rings. The highest BCUT2D eigenvalue weighted by molar-refractivity contribution is 8.93. The lowest BCUT2D eigenvalue weighted by molar-refractivity contribution is -0.0101. The van der Waals surface area contributed by atoms with Gasteiger partial charge in [0.15, 0.2) is 0 Å². The molecule has 0 N–H and O–H groups in total. The summed E-state index contributed by atoms with van der Waals surface area (Å²) in [4.78, 5) is 0. The first-order valence-corrected chi connectivity index (χ1v) is 5.54. The van der Waals surface area contributed by atoms with E-state index in [0.717, 1.165) is 39.6 Å². The van der Waals surface area contributed by atoms with Crippen molar-refractivity contribution in [2.75, 3.05) is 39.6 Å². The Labute approximate surface area is 107 Å². The zero-order valence-electron chi connectivity index (χ0n) is 9.94. The maximum atomic E-state index is 5.56. The molecule has 96 valence electrons. The number of ether oxygens (including phenoxy) is 4. The quantitative estimate of drug-likeness (QED) is 0.636. The second-order valence-electron chi connectivity index (χ2n) is 5.11. The number of epoxide rings is 2. The fourth-order valence-corrected chi connectivity index (χ4v) is 1.30. The summed E-state index contributed by atoms with van der Waals surface area (Å²) >= 11 is 0. The highest BCUT2D eigenvalue weighted by Crippen LogP contribution is 2.19. The van der Waals surface area contributed by atoms with Crippen LogP contribution < -0.4 is 0 Å². The van der Waals surface area contributed by atoms with Crippen molar-refractivity contribution in [3.05, 3.63) is 0 Å². The molecule has 16 heavy (non-hydrogen) atoms. The Hall–Kier alpha value is 0.320. The molecule has 0 aliphatic carbocycles. The predicted octanol–water partition coefficient (Wildman–Crippen LogP) is 1.42. The van der Waals surface area contributed by atoms with E-state index < -0.39 is 0 Å². The lowest BCUT2D eigenvalue weighted by Gasteiger charge is -2.23. The van der Waals surface area contributed by atoms with Gasteiger partial charge in [0.05, 0.1) is 39.6 Å². The van der Waals surface area contributed by atoms with Crippen LogP contribution in [0.1, 0.15) is 13.8 Å². The molecular formula is C11H21BrO4. The van der Waals surface area contributed by atoms with Gasteiger partial charge in [-0.2, -0.15) is 0 Å². The Balaban J connectivity index is 0.00000128. The molecule has 2 rings (SSSR count). The fourth-order valence-electron chi connectivity index (χ4n) is 1.30. The zero-order chi connectivity index (χ0) is 10.7. The normalized spacial score (nSPS) is 27.4. The van der Waals surface area contributed by atoms with E-state index >= 15 is 0 Å². The van der Waals surface area contributed by atoms with Crippen LogP contribution in [0.25, 0.3) is 0 Å². The molecule has 2 saturated heterocycles. The van der Waals surface area contributed by atoms with Gasteiger partial charge >= 0.3 is 0 Å². The number of hydrogen-bond donors (Lipinski definition) is 0. The summed E-state index contributed by atoms with van der Waals surface area (Å²) in [6.45, 7) is 8.88. The average Bonchev–Trinajstić information content (AvgIpc) is 2.97. The fraction of sp³-hybridized carbons (Fsp3) is 1.00. The van der Waals surface area contributed by atoms with E-state index in [4.69, 9.17) is 18.9 Å². The molecule has 2 atom stereocenters. The number of rotatable bonds is 8. The van der Waals surface area contributed by atoms with Gasteiger partial charge in [0, 0.05) is 5.41 Å². The molecule has 0 aromatic heterocycles. The van der Waals surface area contributed by atoms with Crippen LogP contribution in [0.3, 0.4) is 0 Å². The summed E-state index contributed by atoms with van der Waals surface area (Å²) in [6, 6.07) is 0. The van der Waals surface area contributed by atoms with Gasteiger partial charge < -0.3 is 18.9 Å². The van der Waals surface area contributed by atoms with Gasteiger partial charge in [-0.3, -0.25) is 0 Å². The Kier molecular flexibility index (Phi) is 5.67. The number of halogens is 1. The van der Waals surface area contributed by atoms with Crippen molar-refractivity contribution in [2.45, 2.75) is 26.1 Å². The predicted molar refractivity (Wildman–Crippen MR) is 65.2 cm³/mol. The highest BCUT2D eigenvalue weighted by atomic mass is 79.9. The second-order valence-corrected chi connectivity index (χ2v) is 5.11. The first-order chi connectivity index (χ1) is 7.16. The summed E-state index contributed by atoms with van der Waals surface area (Å²) in [5, 5.41) is 0. The standard InChI is InChI=1S/C11H20O4.BrH/c1-11(2,7-12-3-9-5-14-9)8-13-4-10-6-15-10;/h9-10H,3-8H2,1-2H3;1H. The first kappa shape index (κ1) is 14.4. The molecule has 0 radical (unpaired) electrons. The van der Waals surface area contributed by atoms with E-state index in [1.165, 1.54) is 0 Å². The van der Waals surface area contributed by atoms with Gasteiger partial charge in [0.2, 0.25) is 0 Å². The topological polar surface area (TPSA) is 43.5 Å². The van der Waals surface area contributed by atoms with Crippen LogP contribution in [0.5, 0.6) is 0 Å². The molecule has 0 saturated carbocycles. The third-order valence-corrected chi connectivity index (χ3v) is 2.40. The van der Waals surface area contributed by atoms with Crippen molar-refractivity contribution in [2.24, 2.45) is 5.41 Å². The highest BCUT2D eigenvalue weighted by Gasteiger charge is 2.27. The second kappa shape index (κ2) is 6.31. The van der Waals surface area contributed by atoms with Gasteiger partial charge in [-0.1, -0.05) is 13.8 Å². The van der Waals surface area contributed by atoms with E-state index in [9.17, 15) is 0 Å². The van der Waals surface area contributed by atoms with Crippen LogP contribution in [0, 0.1) is 5.41 Å². The minimum atomic E-state index is 0. The van der Waals surface area contributed by atoms with Crippen molar-refractivity contribution in [1.29, 1.82) is 0 Å². The van der Waals surface area contributed by atoms with E-state index in [1.54, 1.807) is 0 Å². The maximum absolute atomic E-state index is 5.56. The van der Waals surface area contributed by atoms with E-state index in [0.29, 0.717) is 12.2 Å². The molecule has 2 aliphatic rings. The molecular weight excluding hydrogens is 276 g/mol. The van der Waals surface area contributed by atoms with Gasteiger partial charge in [0.25, 0.3) is 0 Å². The monoisotopic (exact) mass is 296 g/mol. The molecule has 2 unspecified atom stereocenters. The van der Waals surface area contributed by atoms with Crippen LogP contribution in [0.15, 0.2) is 0 Å². The third kappa shape index (κ3) is 6.15. The van der Waals surface area contributed by atoms with E-state index in [1.807, 2.05) is 0 Å². The van der Waals surface area contributed by atoms with Crippen molar-refractivity contribution in [1.82, 2.24) is 0 Å². The van der Waals surface area contributed by atoms with Gasteiger partial charge in [-0.05, 0) is 0 Å². The maximum Gasteiger partial charge on any atom is 0.104 e. The van der Waals surface area contributed by atoms with Crippen LogP contribution in [-0.4, -0.2) is 51.8 Å². The Morgan fingerprint density at radius 3 is 1.69 bits per heavy atom. The summed E-state index contributed by atoms with van der Waals surface area (Å²) in [7, 11) is 0. The van der Waals surface area contributed by atoms with Crippen molar-refractivity contribution < 1.29 is 18.9 Å². The summed E-state index contributed by atoms with van der Waals surface area (Å²) < 4.78 is 21.3. The Bertz CT molecular complexity index is 182. The van der Waals surface area contributed by atoms with Crippen LogP contribution in [-0.2, 0) is 18.9 Å². The van der Waals surface area contributed by atoms with Gasteiger partial charge in [-0.25, -0.2) is 0 Å².